The highest BCUT2D eigenvalue weighted by atomic mass is 32.2. The van der Waals surface area contributed by atoms with Gasteiger partial charge in [0.25, 0.3) is 5.91 Å². The van der Waals surface area contributed by atoms with Crippen molar-refractivity contribution in [2.45, 2.75) is 12.5 Å². The molecule has 7 heteroatoms. The molecule has 0 bridgehead atoms. The second-order valence-corrected chi connectivity index (χ2v) is 9.43. The highest BCUT2D eigenvalue weighted by Gasteiger charge is 2.40. The number of hydrogen-bond acceptors (Lipinski definition) is 5. The molecular formula is C28H23NO4S2. The van der Waals surface area contributed by atoms with Crippen LogP contribution in [0.4, 0.5) is 0 Å². The van der Waals surface area contributed by atoms with Crippen molar-refractivity contribution < 1.29 is 19.4 Å². The fourth-order valence-corrected chi connectivity index (χ4v) is 4.98. The van der Waals surface area contributed by atoms with Crippen LogP contribution in [0.1, 0.15) is 16.7 Å². The maximum absolute atomic E-state index is 13.2. The van der Waals surface area contributed by atoms with Gasteiger partial charge in [0, 0.05) is 12.0 Å². The van der Waals surface area contributed by atoms with Gasteiger partial charge >= 0.3 is 5.97 Å². The monoisotopic (exact) mass is 501 g/mol. The number of hydrogen-bond donors (Lipinski definition) is 1. The number of aliphatic carboxylic acids is 1. The first-order chi connectivity index (χ1) is 17.0. The fraction of sp³-hybridized carbons (Fsp3) is 0.107. The minimum atomic E-state index is -1.10. The molecule has 0 unspecified atom stereocenters. The van der Waals surface area contributed by atoms with E-state index in [-0.39, 0.29) is 10.7 Å². The summed E-state index contributed by atoms with van der Waals surface area (Å²) in [5.41, 5.74) is 2.62. The van der Waals surface area contributed by atoms with E-state index in [4.69, 9.17) is 17.0 Å². The lowest BCUT2D eigenvalue weighted by molar-refractivity contribution is -0.145. The van der Waals surface area contributed by atoms with Gasteiger partial charge in [-0.15, -0.1) is 0 Å². The number of benzene rings is 3. The number of carbonyl (C=O) groups is 2. The lowest BCUT2D eigenvalue weighted by Crippen LogP contribution is -2.45. The van der Waals surface area contributed by atoms with E-state index in [1.54, 1.807) is 6.08 Å². The van der Waals surface area contributed by atoms with E-state index in [1.165, 1.54) is 4.90 Å². The Morgan fingerprint density at radius 1 is 1.00 bits per heavy atom. The zero-order chi connectivity index (χ0) is 24.6. The predicted molar refractivity (Wildman–Crippen MR) is 144 cm³/mol. The largest absolute Gasteiger partial charge is 0.489 e. The Kier molecular flexibility index (Phi) is 8.13. The van der Waals surface area contributed by atoms with E-state index in [9.17, 15) is 14.7 Å². The summed E-state index contributed by atoms with van der Waals surface area (Å²) in [4.78, 5) is 26.8. The van der Waals surface area contributed by atoms with Gasteiger partial charge in [-0.3, -0.25) is 9.69 Å². The van der Waals surface area contributed by atoms with Gasteiger partial charge in [0.05, 0.1) is 4.91 Å². The number of rotatable bonds is 9. The van der Waals surface area contributed by atoms with Crippen LogP contribution >= 0.6 is 24.0 Å². The van der Waals surface area contributed by atoms with Gasteiger partial charge in [-0.25, -0.2) is 4.79 Å². The van der Waals surface area contributed by atoms with Crippen molar-refractivity contribution in [2.75, 3.05) is 6.61 Å². The Hall–Kier alpha value is -3.68. The van der Waals surface area contributed by atoms with E-state index in [1.807, 2.05) is 97.1 Å². The van der Waals surface area contributed by atoms with Crippen molar-refractivity contribution in [1.82, 2.24) is 4.90 Å². The van der Waals surface area contributed by atoms with Crippen molar-refractivity contribution in [3.63, 3.8) is 0 Å². The molecule has 5 nitrogen and oxygen atoms in total. The first kappa shape index (κ1) is 24.4. The lowest BCUT2D eigenvalue weighted by Gasteiger charge is -2.23. The molecule has 3 aromatic rings. The number of ether oxygens (including phenoxy) is 1. The Bertz CT molecular complexity index is 1270. The third-order valence-corrected chi connectivity index (χ3v) is 6.67. The van der Waals surface area contributed by atoms with E-state index in [0.29, 0.717) is 17.3 Å². The molecule has 1 fully saturated rings. The molecule has 35 heavy (non-hydrogen) atoms. The molecule has 1 atom stereocenters. The van der Waals surface area contributed by atoms with E-state index < -0.39 is 17.9 Å². The summed E-state index contributed by atoms with van der Waals surface area (Å²) in [5, 5.41) is 9.84. The molecule has 1 N–H and O–H groups in total. The van der Waals surface area contributed by atoms with Crippen molar-refractivity contribution >= 4 is 52.3 Å². The van der Waals surface area contributed by atoms with Crippen LogP contribution in [0.5, 0.6) is 5.75 Å². The van der Waals surface area contributed by atoms with Crippen molar-refractivity contribution in [2.24, 2.45) is 0 Å². The van der Waals surface area contributed by atoms with Gasteiger partial charge in [-0.1, -0.05) is 109 Å². The van der Waals surface area contributed by atoms with Crippen LogP contribution in [0.25, 0.3) is 12.2 Å². The fourth-order valence-electron chi connectivity index (χ4n) is 3.63. The summed E-state index contributed by atoms with van der Waals surface area (Å²) in [5.74, 6) is -0.892. The minimum absolute atomic E-state index is 0.170. The number of carbonyl (C=O) groups excluding carboxylic acids is 1. The van der Waals surface area contributed by atoms with Gasteiger partial charge in [-0.2, -0.15) is 0 Å². The topological polar surface area (TPSA) is 66.8 Å². The second kappa shape index (κ2) is 11.6. The molecule has 0 aromatic heterocycles. The molecule has 1 aliphatic heterocycles. The molecule has 3 aromatic carbocycles. The number of carboxylic acid groups (broad SMARTS) is 1. The minimum Gasteiger partial charge on any atom is -0.489 e. The molecule has 0 radical (unpaired) electrons. The summed E-state index contributed by atoms with van der Waals surface area (Å²) in [6.45, 7) is 0.360. The number of amides is 1. The van der Waals surface area contributed by atoms with Crippen LogP contribution in [0, 0.1) is 0 Å². The standard InChI is InChI=1S/C28H23NO4S2/c30-26-25(35-28(34)29(26)23(27(31)32)18-21-12-5-2-6-13-21)19-22-15-7-8-16-24(22)33-17-9-14-20-10-3-1-4-11-20/h1-16,19,23H,17-18H2,(H,31,32)/b14-9+,25-19-/t23-/m0/s1. The van der Waals surface area contributed by atoms with Crippen LogP contribution in [-0.2, 0) is 16.0 Å². The van der Waals surface area contributed by atoms with Crippen molar-refractivity contribution in [1.29, 1.82) is 0 Å². The SMILES string of the molecule is O=C(O)[C@H](Cc1ccccc1)N1C(=O)/C(=C/c2ccccc2OC/C=C/c2ccccc2)SC1=S. The van der Waals surface area contributed by atoms with E-state index >= 15 is 0 Å². The molecule has 1 saturated heterocycles. The normalized spacial score (nSPS) is 15.7. The first-order valence-electron chi connectivity index (χ1n) is 11.0. The van der Waals surface area contributed by atoms with Crippen molar-refractivity contribution in [3.05, 3.63) is 113 Å². The molecular weight excluding hydrogens is 478 g/mol. The molecule has 0 spiro atoms. The second-order valence-electron chi connectivity index (χ2n) is 7.76. The Labute approximate surface area is 213 Å². The van der Waals surface area contributed by atoms with Crippen LogP contribution in [0.3, 0.4) is 0 Å². The average molecular weight is 502 g/mol. The maximum Gasteiger partial charge on any atom is 0.327 e. The summed E-state index contributed by atoms with van der Waals surface area (Å²) in [7, 11) is 0. The highest BCUT2D eigenvalue weighted by Crippen LogP contribution is 2.36. The molecule has 1 heterocycles. The van der Waals surface area contributed by atoms with Crippen LogP contribution in [0.15, 0.2) is 95.9 Å². The van der Waals surface area contributed by atoms with Gasteiger partial charge in [0.1, 0.15) is 22.7 Å². The molecule has 0 saturated carbocycles. The number of para-hydroxylation sites is 1. The van der Waals surface area contributed by atoms with Crippen LogP contribution in [-0.4, -0.2) is 38.9 Å². The Balaban J connectivity index is 1.50. The highest BCUT2D eigenvalue weighted by molar-refractivity contribution is 8.26. The number of nitrogens with zero attached hydrogens (tertiary/aromatic N) is 1. The van der Waals surface area contributed by atoms with Crippen LogP contribution < -0.4 is 4.74 Å². The molecule has 1 amide bonds. The molecule has 4 rings (SSSR count). The average Bonchev–Trinajstić information content (AvgIpc) is 3.14. The molecule has 1 aliphatic rings. The Morgan fingerprint density at radius 3 is 2.37 bits per heavy atom. The van der Waals surface area contributed by atoms with Gasteiger partial charge in [-0.05, 0) is 29.3 Å². The Morgan fingerprint density at radius 2 is 1.66 bits per heavy atom. The predicted octanol–water partition coefficient (Wildman–Crippen LogP) is 5.68. The molecule has 176 valence electrons. The van der Waals surface area contributed by atoms with Gasteiger partial charge in [0.2, 0.25) is 0 Å². The summed E-state index contributed by atoms with van der Waals surface area (Å²) in [6, 6.07) is 25.5. The quantitative estimate of drug-likeness (QED) is 0.301. The third-order valence-electron chi connectivity index (χ3n) is 5.34. The zero-order valence-electron chi connectivity index (χ0n) is 18.7. The smallest absolute Gasteiger partial charge is 0.327 e. The van der Waals surface area contributed by atoms with Gasteiger partial charge < -0.3 is 9.84 Å². The molecule has 0 aliphatic carbocycles. The number of thiocarbonyl (C=S) groups is 1. The maximum atomic E-state index is 13.2. The van der Waals surface area contributed by atoms with Gasteiger partial charge in [0.15, 0.2) is 0 Å². The summed E-state index contributed by atoms with van der Waals surface area (Å²) in [6.07, 6.45) is 5.78. The lowest BCUT2D eigenvalue weighted by atomic mass is 10.0. The van der Waals surface area contributed by atoms with Crippen LogP contribution in [0.2, 0.25) is 0 Å². The zero-order valence-corrected chi connectivity index (χ0v) is 20.4. The summed E-state index contributed by atoms with van der Waals surface area (Å²) < 4.78 is 6.16. The number of thioether (sulfide) groups is 1. The van der Waals surface area contributed by atoms with Crippen molar-refractivity contribution in [3.8, 4) is 5.75 Å². The third kappa shape index (κ3) is 6.26. The summed E-state index contributed by atoms with van der Waals surface area (Å²) >= 11 is 6.51. The van der Waals surface area contributed by atoms with E-state index in [2.05, 4.69) is 0 Å². The first-order valence-corrected chi connectivity index (χ1v) is 12.2. The number of carboxylic acids is 1. The van der Waals surface area contributed by atoms with E-state index in [0.717, 1.165) is 28.5 Å².